The monoisotopic (exact) mass is 353 g/mol. The molecule has 0 spiro atoms. The first-order valence-electron chi connectivity index (χ1n) is 7.82. The second-order valence-electron chi connectivity index (χ2n) is 5.68. The lowest BCUT2D eigenvalue weighted by Gasteiger charge is -2.08. The molecule has 25 heavy (non-hydrogen) atoms. The van der Waals surface area contributed by atoms with E-state index < -0.39 is 0 Å². The van der Waals surface area contributed by atoms with Crippen molar-refractivity contribution in [3.05, 3.63) is 47.5 Å². The van der Waals surface area contributed by atoms with Gasteiger partial charge in [0.25, 0.3) is 0 Å². The lowest BCUT2D eigenvalue weighted by Crippen LogP contribution is -2.05. The van der Waals surface area contributed by atoms with Crippen molar-refractivity contribution < 1.29 is 4.52 Å². The van der Waals surface area contributed by atoms with Gasteiger partial charge in [-0.05, 0) is 18.2 Å². The maximum Gasteiger partial charge on any atom is 0.226 e. The Morgan fingerprint density at radius 3 is 3.04 bits per heavy atom. The number of hydrogen-bond donors (Lipinski definition) is 0. The molecule has 0 unspecified atom stereocenters. The zero-order valence-electron chi connectivity index (χ0n) is 13.2. The summed E-state index contributed by atoms with van der Waals surface area (Å²) in [4.78, 5) is 13.3. The number of rotatable bonds is 2. The molecule has 0 atom stereocenters. The fourth-order valence-corrected chi connectivity index (χ4v) is 3.21. The number of benzene rings is 1. The number of nitrogens with zero attached hydrogens (tertiary/aromatic N) is 7. The minimum absolute atomic E-state index is 0.477. The Morgan fingerprint density at radius 2 is 2.20 bits per heavy atom. The van der Waals surface area contributed by atoms with Crippen LogP contribution < -0.4 is 0 Å². The molecule has 8 nitrogen and oxygen atoms in total. The summed E-state index contributed by atoms with van der Waals surface area (Å²) in [5.41, 5.74) is 3.42. The molecule has 3 aromatic heterocycles. The first-order valence-corrected chi connectivity index (χ1v) is 8.19. The van der Waals surface area contributed by atoms with Crippen LogP contribution in [0.2, 0.25) is 5.02 Å². The molecule has 124 valence electrons. The van der Waals surface area contributed by atoms with Crippen LogP contribution in [0, 0.1) is 0 Å². The van der Waals surface area contributed by atoms with Crippen LogP contribution in [-0.2, 0) is 13.0 Å². The van der Waals surface area contributed by atoms with E-state index >= 15 is 0 Å². The average molecular weight is 354 g/mol. The van der Waals surface area contributed by atoms with Crippen LogP contribution in [0.1, 0.15) is 18.5 Å². The minimum Gasteiger partial charge on any atom is -0.339 e. The Morgan fingerprint density at radius 1 is 1.28 bits per heavy atom. The molecule has 4 aromatic rings. The molecule has 0 amide bonds. The number of fused-ring (bicyclic) bond motifs is 5. The summed E-state index contributed by atoms with van der Waals surface area (Å²) >= 11 is 6.20. The van der Waals surface area contributed by atoms with Crippen LogP contribution in [0.25, 0.3) is 28.6 Å². The first kappa shape index (κ1) is 14.4. The molecule has 9 heteroatoms. The van der Waals surface area contributed by atoms with E-state index in [1.165, 1.54) is 6.33 Å². The molecule has 0 N–H and O–H groups in total. The van der Waals surface area contributed by atoms with Crippen molar-refractivity contribution in [2.45, 2.75) is 19.9 Å². The predicted molar refractivity (Wildman–Crippen MR) is 89.4 cm³/mol. The Bertz CT molecular complexity index is 1090. The van der Waals surface area contributed by atoms with Gasteiger partial charge in [0.05, 0.1) is 17.9 Å². The van der Waals surface area contributed by atoms with E-state index in [2.05, 4.69) is 25.2 Å². The molecule has 0 aliphatic carbocycles. The van der Waals surface area contributed by atoms with Gasteiger partial charge in [0, 0.05) is 17.0 Å². The van der Waals surface area contributed by atoms with E-state index in [-0.39, 0.29) is 0 Å². The van der Waals surface area contributed by atoms with E-state index in [1.54, 1.807) is 6.33 Å². The van der Waals surface area contributed by atoms with E-state index in [0.29, 0.717) is 35.4 Å². The summed E-state index contributed by atoms with van der Waals surface area (Å²) in [6.45, 7) is 2.46. The van der Waals surface area contributed by atoms with Crippen molar-refractivity contribution in [2.75, 3.05) is 0 Å². The van der Waals surface area contributed by atoms with Crippen molar-refractivity contribution in [1.82, 2.24) is 34.5 Å². The highest BCUT2D eigenvalue weighted by Gasteiger charge is 2.26. The molecule has 1 aliphatic heterocycles. The smallest absolute Gasteiger partial charge is 0.226 e. The largest absolute Gasteiger partial charge is 0.339 e. The predicted octanol–water partition coefficient (Wildman–Crippen LogP) is 2.76. The second-order valence-corrected chi connectivity index (χ2v) is 6.11. The molecule has 4 heterocycles. The summed E-state index contributed by atoms with van der Waals surface area (Å²) in [6.07, 6.45) is 3.97. The molecule has 0 fully saturated rings. The van der Waals surface area contributed by atoms with Gasteiger partial charge in [0.1, 0.15) is 18.3 Å². The molecule has 0 bridgehead atoms. The number of imidazole rings is 1. The lowest BCUT2D eigenvalue weighted by atomic mass is 10.1. The zero-order valence-corrected chi connectivity index (χ0v) is 14.0. The van der Waals surface area contributed by atoms with E-state index in [1.807, 2.05) is 34.4 Å². The van der Waals surface area contributed by atoms with E-state index in [4.69, 9.17) is 16.1 Å². The molecule has 0 radical (unpaired) electrons. The quantitative estimate of drug-likeness (QED) is 0.485. The Hall–Kier alpha value is -3.00. The summed E-state index contributed by atoms with van der Waals surface area (Å²) in [5, 5.41) is 9.03. The fourth-order valence-electron chi connectivity index (χ4n) is 3.04. The molecule has 1 aliphatic rings. The zero-order chi connectivity index (χ0) is 17.0. The number of aryl methyl sites for hydroxylation is 1. The van der Waals surface area contributed by atoms with Gasteiger partial charge in [-0.15, -0.1) is 0 Å². The highest BCUT2D eigenvalue weighted by molar-refractivity contribution is 6.31. The molecule has 0 saturated heterocycles. The standard InChI is InChI=1S/C16H12ClN7O/c1-2-13-21-15(22-25-13)14-12-6-24-16(18-7-20-24)10-5-9(17)3-4-11(10)23(12)8-19-14/h3-5,7-8H,2,6H2,1H3. The lowest BCUT2D eigenvalue weighted by molar-refractivity contribution is 0.382. The van der Waals surface area contributed by atoms with Crippen molar-refractivity contribution >= 4 is 11.6 Å². The van der Waals surface area contributed by atoms with E-state index in [0.717, 1.165) is 22.8 Å². The molecular formula is C16H12ClN7O. The van der Waals surface area contributed by atoms with Gasteiger partial charge < -0.3 is 4.52 Å². The molecule has 5 rings (SSSR count). The van der Waals surface area contributed by atoms with E-state index in [9.17, 15) is 0 Å². The van der Waals surface area contributed by atoms with Crippen molar-refractivity contribution in [1.29, 1.82) is 0 Å². The number of aromatic nitrogens is 7. The third-order valence-corrected chi connectivity index (χ3v) is 4.46. The average Bonchev–Trinajstić information content (AvgIpc) is 3.33. The minimum atomic E-state index is 0.477. The van der Waals surface area contributed by atoms with Gasteiger partial charge in [0.15, 0.2) is 5.82 Å². The third kappa shape index (κ3) is 2.11. The van der Waals surface area contributed by atoms with Gasteiger partial charge in [-0.25, -0.2) is 14.6 Å². The van der Waals surface area contributed by atoms with Crippen LogP contribution in [0.5, 0.6) is 0 Å². The van der Waals surface area contributed by atoms with Crippen molar-refractivity contribution in [2.24, 2.45) is 0 Å². The Labute approximate surface area is 147 Å². The first-order chi connectivity index (χ1) is 12.2. The summed E-state index contributed by atoms with van der Waals surface area (Å²) in [5.74, 6) is 1.82. The third-order valence-electron chi connectivity index (χ3n) is 4.22. The highest BCUT2D eigenvalue weighted by atomic mass is 35.5. The summed E-state index contributed by atoms with van der Waals surface area (Å²) in [7, 11) is 0. The maximum absolute atomic E-state index is 6.20. The normalized spacial score (nSPS) is 12.4. The number of halogens is 1. The van der Waals surface area contributed by atoms with Gasteiger partial charge in [-0.1, -0.05) is 23.7 Å². The SMILES string of the molecule is CCc1nc(-c2ncn3c2Cn2ncnc2-c2cc(Cl)ccc2-3)no1. The van der Waals surface area contributed by atoms with Gasteiger partial charge in [-0.3, -0.25) is 4.57 Å². The van der Waals surface area contributed by atoms with Crippen LogP contribution in [0.15, 0.2) is 35.4 Å². The summed E-state index contributed by atoms with van der Waals surface area (Å²) < 4.78 is 9.06. The second kappa shape index (κ2) is 5.25. The van der Waals surface area contributed by atoms with Crippen LogP contribution in [0.3, 0.4) is 0 Å². The van der Waals surface area contributed by atoms with Gasteiger partial charge in [-0.2, -0.15) is 10.1 Å². The van der Waals surface area contributed by atoms with Gasteiger partial charge in [0.2, 0.25) is 11.7 Å². The van der Waals surface area contributed by atoms with Gasteiger partial charge >= 0.3 is 0 Å². The number of hydrogen-bond acceptors (Lipinski definition) is 6. The Kier molecular flexibility index (Phi) is 3.01. The maximum atomic E-state index is 6.20. The summed E-state index contributed by atoms with van der Waals surface area (Å²) in [6, 6.07) is 5.68. The van der Waals surface area contributed by atoms with Crippen LogP contribution in [-0.4, -0.2) is 34.5 Å². The molecular weight excluding hydrogens is 342 g/mol. The van der Waals surface area contributed by atoms with Crippen LogP contribution >= 0.6 is 11.6 Å². The fraction of sp³-hybridized carbons (Fsp3) is 0.188. The van der Waals surface area contributed by atoms with Crippen molar-refractivity contribution in [3.8, 4) is 28.6 Å². The highest BCUT2D eigenvalue weighted by Crippen LogP contribution is 2.34. The molecule has 0 saturated carbocycles. The van der Waals surface area contributed by atoms with Crippen molar-refractivity contribution in [3.63, 3.8) is 0 Å². The molecule has 1 aromatic carbocycles. The topological polar surface area (TPSA) is 87.5 Å². The Balaban J connectivity index is 1.77. The van der Waals surface area contributed by atoms with Crippen LogP contribution in [0.4, 0.5) is 0 Å².